The van der Waals surface area contributed by atoms with Gasteiger partial charge in [-0.05, 0) is 35.4 Å². The highest BCUT2D eigenvalue weighted by molar-refractivity contribution is 6.30. The molecule has 0 bridgehead atoms. The third-order valence-corrected chi connectivity index (χ3v) is 3.80. The molecule has 1 fully saturated rings. The average Bonchev–Trinajstić information content (AvgIpc) is 3.03. The first-order valence-electron chi connectivity index (χ1n) is 5.71. The molecule has 2 aromatic rings. The first-order chi connectivity index (χ1) is 8.66. The lowest BCUT2D eigenvalue weighted by molar-refractivity contribution is -0.110. The SMILES string of the molecule is O=C1C(c2ccc(Cl)cc2)C1c1ccc(Cl)cc1. The molecule has 2 unspecified atom stereocenters. The van der Waals surface area contributed by atoms with E-state index in [0.717, 1.165) is 11.1 Å². The zero-order chi connectivity index (χ0) is 12.7. The summed E-state index contributed by atoms with van der Waals surface area (Å²) in [5.41, 5.74) is 2.06. The van der Waals surface area contributed by atoms with Gasteiger partial charge in [-0.3, -0.25) is 4.79 Å². The number of carbonyl (C=O) groups excluding carboxylic acids is 1. The van der Waals surface area contributed by atoms with E-state index in [4.69, 9.17) is 23.2 Å². The molecular weight excluding hydrogens is 267 g/mol. The second-order valence-corrected chi connectivity index (χ2v) is 5.33. The van der Waals surface area contributed by atoms with Gasteiger partial charge in [0.25, 0.3) is 0 Å². The molecule has 2 aromatic carbocycles. The van der Waals surface area contributed by atoms with E-state index in [-0.39, 0.29) is 17.6 Å². The minimum absolute atomic E-state index is 0.0246. The normalized spacial score (nSPS) is 22.0. The maximum absolute atomic E-state index is 11.9. The van der Waals surface area contributed by atoms with Crippen LogP contribution in [0.3, 0.4) is 0 Å². The van der Waals surface area contributed by atoms with Crippen molar-refractivity contribution in [3.05, 3.63) is 69.7 Å². The van der Waals surface area contributed by atoms with E-state index >= 15 is 0 Å². The minimum Gasteiger partial charge on any atom is -0.298 e. The van der Waals surface area contributed by atoms with E-state index in [1.54, 1.807) is 0 Å². The number of hydrogen-bond acceptors (Lipinski definition) is 1. The Kier molecular flexibility index (Phi) is 2.89. The summed E-state index contributed by atoms with van der Waals surface area (Å²) in [4.78, 5) is 11.9. The molecule has 0 spiro atoms. The van der Waals surface area contributed by atoms with Gasteiger partial charge < -0.3 is 0 Å². The summed E-state index contributed by atoms with van der Waals surface area (Å²) in [5.74, 6) is 0.214. The van der Waals surface area contributed by atoms with Gasteiger partial charge in [0.2, 0.25) is 0 Å². The fraction of sp³-hybridized carbons (Fsp3) is 0.133. The molecular formula is C15H10Cl2O. The van der Waals surface area contributed by atoms with Crippen LogP contribution < -0.4 is 0 Å². The molecule has 90 valence electrons. The third-order valence-electron chi connectivity index (χ3n) is 3.30. The Morgan fingerprint density at radius 1 is 0.667 bits per heavy atom. The van der Waals surface area contributed by atoms with Crippen LogP contribution in [0.1, 0.15) is 23.0 Å². The Bertz CT molecular complexity index is 533. The molecule has 1 aliphatic rings. The summed E-state index contributed by atoms with van der Waals surface area (Å²) in [6.45, 7) is 0. The smallest absolute Gasteiger partial charge is 0.149 e. The summed E-state index contributed by atoms with van der Waals surface area (Å²) >= 11 is 11.7. The van der Waals surface area contributed by atoms with Crippen LogP contribution in [0, 0.1) is 0 Å². The van der Waals surface area contributed by atoms with Gasteiger partial charge in [-0.25, -0.2) is 0 Å². The van der Waals surface area contributed by atoms with Crippen LogP contribution in [0.5, 0.6) is 0 Å². The van der Waals surface area contributed by atoms with Crippen molar-refractivity contribution in [3.8, 4) is 0 Å². The van der Waals surface area contributed by atoms with Crippen LogP contribution in [0.25, 0.3) is 0 Å². The first kappa shape index (κ1) is 11.8. The van der Waals surface area contributed by atoms with Crippen LogP contribution in [-0.4, -0.2) is 5.78 Å². The van der Waals surface area contributed by atoms with Crippen molar-refractivity contribution in [2.45, 2.75) is 11.8 Å². The van der Waals surface area contributed by atoms with E-state index in [0.29, 0.717) is 10.0 Å². The van der Waals surface area contributed by atoms with E-state index in [1.807, 2.05) is 48.5 Å². The Balaban J connectivity index is 1.87. The third kappa shape index (κ3) is 2.05. The van der Waals surface area contributed by atoms with E-state index in [9.17, 15) is 4.79 Å². The number of Topliss-reactive ketones (excluding diaryl/α,β-unsaturated/α-hetero) is 1. The van der Waals surface area contributed by atoms with Crippen molar-refractivity contribution in [1.82, 2.24) is 0 Å². The van der Waals surface area contributed by atoms with Gasteiger partial charge >= 0.3 is 0 Å². The number of ketones is 1. The van der Waals surface area contributed by atoms with Crippen molar-refractivity contribution < 1.29 is 4.79 Å². The van der Waals surface area contributed by atoms with Crippen molar-refractivity contribution >= 4 is 29.0 Å². The second kappa shape index (κ2) is 4.42. The predicted molar refractivity (Wildman–Crippen MR) is 73.4 cm³/mol. The first-order valence-corrected chi connectivity index (χ1v) is 6.47. The molecule has 0 aromatic heterocycles. The Hall–Kier alpha value is -1.31. The zero-order valence-corrected chi connectivity index (χ0v) is 10.9. The summed E-state index contributed by atoms with van der Waals surface area (Å²) < 4.78 is 0. The van der Waals surface area contributed by atoms with Gasteiger partial charge in [0.05, 0.1) is 11.8 Å². The number of halogens is 2. The fourth-order valence-corrected chi connectivity index (χ4v) is 2.55. The van der Waals surface area contributed by atoms with Gasteiger partial charge in [-0.2, -0.15) is 0 Å². The molecule has 3 heteroatoms. The average molecular weight is 277 g/mol. The highest BCUT2D eigenvalue weighted by atomic mass is 35.5. The van der Waals surface area contributed by atoms with Crippen LogP contribution in [-0.2, 0) is 4.79 Å². The summed E-state index contributed by atoms with van der Waals surface area (Å²) in [7, 11) is 0. The quantitative estimate of drug-likeness (QED) is 0.792. The highest BCUT2D eigenvalue weighted by Gasteiger charge is 2.50. The highest BCUT2D eigenvalue weighted by Crippen LogP contribution is 2.50. The molecule has 18 heavy (non-hydrogen) atoms. The Morgan fingerprint density at radius 3 is 1.33 bits per heavy atom. The molecule has 1 saturated carbocycles. The van der Waals surface area contributed by atoms with Gasteiger partial charge in [0.1, 0.15) is 5.78 Å². The number of hydrogen-bond donors (Lipinski definition) is 0. The molecule has 1 nitrogen and oxygen atoms in total. The van der Waals surface area contributed by atoms with Gasteiger partial charge in [-0.1, -0.05) is 47.5 Å². The molecule has 0 radical (unpaired) electrons. The minimum atomic E-state index is -0.0246. The van der Waals surface area contributed by atoms with Crippen LogP contribution >= 0.6 is 23.2 Å². The molecule has 1 aliphatic carbocycles. The lowest BCUT2D eigenvalue weighted by Crippen LogP contribution is -1.84. The summed E-state index contributed by atoms with van der Waals surface area (Å²) in [6, 6.07) is 15.0. The molecule has 0 saturated heterocycles. The van der Waals surface area contributed by atoms with Crippen LogP contribution in [0.4, 0.5) is 0 Å². The molecule has 0 N–H and O–H groups in total. The van der Waals surface area contributed by atoms with E-state index in [2.05, 4.69) is 0 Å². The van der Waals surface area contributed by atoms with Gasteiger partial charge in [-0.15, -0.1) is 0 Å². The molecule has 2 atom stereocenters. The van der Waals surface area contributed by atoms with Gasteiger partial charge in [0, 0.05) is 10.0 Å². The van der Waals surface area contributed by atoms with E-state index in [1.165, 1.54) is 0 Å². The lowest BCUT2D eigenvalue weighted by atomic mass is 10.0. The molecule has 0 heterocycles. The monoisotopic (exact) mass is 276 g/mol. The van der Waals surface area contributed by atoms with Crippen LogP contribution in [0.15, 0.2) is 48.5 Å². The summed E-state index contributed by atoms with van der Waals surface area (Å²) in [6.07, 6.45) is 0. The van der Waals surface area contributed by atoms with Crippen molar-refractivity contribution in [1.29, 1.82) is 0 Å². The molecule has 0 aliphatic heterocycles. The van der Waals surface area contributed by atoms with Crippen molar-refractivity contribution in [2.75, 3.05) is 0 Å². The zero-order valence-electron chi connectivity index (χ0n) is 9.44. The van der Waals surface area contributed by atoms with Crippen LogP contribution in [0.2, 0.25) is 10.0 Å². The second-order valence-electron chi connectivity index (χ2n) is 4.46. The van der Waals surface area contributed by atoms with Crippen molar-refractivity contribution in [3.63, 3.8) is 0 Å². The standard InChI is InChI=1S/C15H10Cl2O/c16-11-5-1-9(2-6-11)13-14(15(13)18)10-3-7-12(17)8-4-10/h1-8,13-14H. The topological polar surface area (TPSA) is 17.1 Å². The maximum Gasteiger partial charge on any atom is 0.149 e. The van der Waals surface area contributed by atoms with Crippen molar-refractivity contribution in [2.24, 2.45) is 0 Å². The van der Waals surface area contributed by atoms with Gasteiger partial charge in [0.15, 0.2) is 0 Å². The number of rotatable bonds is 2. The van der Waals surface area contributed by atoms with E-state index < -0.39 is 0 Å². The summed E-state index contributed by atoms with van der Waals surface area (Å²) in [5, 5.41) is 1.38. The number of carbonyl (C=O) groups is 1. The fourth-order valence-electron chi connectivity index (χ4n) is 2.29. The predicted octanol–water partition coefficient (Wildman–Crippen LogP) is 4.44. The maximum atomic E-state index is 11.9. The number of benzene rings is 2. The molecule has 0 amide bonds. The molecule has 3 rings (SSSR count). The lowest BCUT2D eigenvalue weighted by Gasteiger charge is -2.00. The Labute approximate surface area is 115 Å². The Morgan fingerprint density at radius 2 is 1.00 bits per heavy atom. The largest absolute Gasteiger partial charge is 0.298 e.